The average molecular weight is 1210 g/mol. The molecule has 0 bridgehead atoms. The number of halogens is 3. The highest BCUT2D eigenvalue weighted by molar-refractivity contribution is 5.94. The van der Waals surface area contributed by atoms with Crippen LogP contribution in [0.1, 0.15) is 5.56 Å². The van der Waals surface area contributed by atoms with Gasteiger partial charge in [-0.25, -0.2) is 0 Å². The van der Waals surface area contributed by atoms with Crippen LogP contribution in [0.15, 0.2) is 24.3 Å². The van der Waals surface area contributed by atoms with Gasteiger partial charge in [0.15, 0.2) is 37.7 Å². The van der Waals surface area contributed by atoms with Crippen LogP contribution in [-0.4, -0.2) is 334 Å². The van der Waals surface area contributed by atoms with Gasteiger partial charge in [0, 0.05) is 5.69 Å². The molecule has 6 saturated heterocycles. The number of nitrogens with two attached hydrogens (primary N) is 1. The summed E-state index contributed by atoms with van der Waals surface area (Å²) in [7, 11) is 0. The van der Waals surface area contributed by atoms with Crippen LogP contribution in [0.3, 0.4) is 0 Å². The molecule has 0 unspecified atom stereocenters. The molecular formula is C46H71F3N2O31. The van der Waals surface area contributed by atoms with E-state index in [9.17, 15) is 110 Å². The van der Waals surface area contributed by atoms with Crippen LogP contribution < -0.4 is 11.1 Å². The summed E-state index contributed by atoms with van der Waals surface area (Å²) in [6.07, 6.45) is -62.9. The van der Waals surface area contributed by atoms with Crippen molar-refractivity contribution >= 4 is 11.6 Å². The maximum absolute atomic E-state index is 12.9. The van der Waals surface area contributed by atoms with Gasteiger partial charge in [-0.05, 0) is 24.1 Å². The zero-order chi connectivity index (χ0) is 60.2. The van der Waals surface area contributed by atoms with Crippen molar-refractivity contribution in [3.63, 3.8) is 0 Å². The number of alkyl halides is 3. The summed E-state index contributed by atoms with van der Waals surface area (Å²) in [6, 6.07) is 3.20. The number of ether oxygens (including phenoxy) is 12. The first-order valence-electron chi connectivity index (χ1n) is 25.7. The SMILES string of the molecule is N[C@H]1[C@@H](O[C@H]2[C@H](O[C@H]3[C@H](O[C@@H]4O[C@H](CO)[C@@H](O)[C@H](O)[C@H]4O)[C@@H](O)[C@@H](OCCc4ccc(NC(=O)C(F)(F)F)cc4)O[C@@H]3CO[C@@H]3O[C@H](CO)[C@@H](O)[C@H](O)[C@H]3O[C@H]3O[C@H](CO)[C@@H](O)[C@H](O)[C@H]3O)O[C@H](CO)[C@@H](O)[C@@H]2O)O[C@H](CO)[C@@H](O)[C@@H]1O. The normalized spacial score (nSPS) is 45.9. The monoisotopic (exact) mass is 1200 g/mol. The number of carbonyl (C=O) groups is 1. The fraction of sp³-hybridized carbons (Fsp3) is 0.848. The van der Waals surface area contributed by atoms with Crippen LogP contribution in [0.25, 0.3) is 0 Å². The Hall–Kier alpha value is -2.76. The molecule has 1 amide bonds. The summed E-state index contributed by atoms with van der Waals surface area (Å²) in [6.45, 7) is -6.43. The largest absolute Gasteiger partial charge is 0.471 e. The van der Waals surface area contributed by atoms with E-state index in [-0.39, 0.29) is 12.1 Å². The van der Waals surface area contributed by atoms with E-state index in [1.54, 1.807) is 5.32 Å². The molecular weight excluding hydrogens is 1130 g/mol. The van der Waals surface area contributed by atoms with Crippen LogP contribution >= 0.6 is 0 Å². The number of nitrogens with one attached hydrogen (secondary N) is 1. The predicted molar refractivity (Wildman–Crippen MR) is 250 cm³/mol. The first-order chi connectivity index (χ1) is 38.8. The summed E-state index contributed by atoms with van der Waals surface area (Å²) < 4.78 is 109. The van der Waals surface area contributed by atoms with Crippen LogP contribution in [0.4, 0.5) is 18.9 Å². The van der Waals surface area contributed by atoms with Gasteiger partial charge in [-0.3, -0.25) is 4.79 Å². The van der Waals surface area contributed by atoms with Crippen molar-refractivity contribution in [3.05, 3.63) is 29.8 Å². The first kappa shape index (κ1) is 66.8. The molecule has 0 saturated carbocycles. The molecule has 0 aliphatic carbocycles. The Morgan fingerprint density at radius 2 is 0.829 bits per heavy atom. The molecule has 7 rings (SSSR count). The minimum atomic E-state index is -5.20. The van der Waals surface area contributed by atoms with E-state index in [4.69, 9.17) is 62.6 Å². The van der Waals surface area contributed by atoms with E-state index in [1.165, 1.54) is 12.1 Å². The van der Waals surface area contributed by atoms with Gasteiger partial charge in [-0.1, -0.05) is 12.1 Å². The van der Waals surface area contributed by atoms with Crippen molar-refractivity contribution < 1.29 is 167 Å². The second-order valence-corrected chi connectivity index (χ2v) is 20.1. The number of carbonyl (C=O) groups excluding carboxylic acids is 1. The zero-order valence-corrected chi connectivity index (χ0v) is 42.9. The molecule has 33 nitrogen and oxygen atoms in total. The third kappa shape index (κ3) is 14.8. The molecule has 6 aliphatic rings. The number of anilines is 1. The lowest BCUT2D eigenvalue weighted by molar-refractivity contribution is -0.403. The molecule has 36 heteroatoms. The van der Waals surface area contributed by atoms with Crippen molar-refractivity contribution in [2.45, 2.75) is 197 Å². The van der Waals surface area contributed by atoms with Gasteiger partial charge >= 0.3 is 12.1 Å². The Labute approximate surface area is 461 Å². The summed E-state index contributed by atoms with van der Waals surface area (Å²) in [5.74, 6) is -2.25. The van der Waals surface area contributed by atoms with Gasteiger partial charge in [-0.2, -0.15) is 13.2 Å². The predicted octanol–water partition coefficient (Wildman–Crippen LogP) is -11.4. The van der Waals surface area contributed by atoms with Crippen LogP contribution in [0.5, 0.6) is 0 Å². The Balaban J connectivity index is 1.26. The third-order valence-corrected chi connectivity index (χ3v) is 14.6. The van der Waals surface area contributed by atoms with Crippen LogP contribution in [-0.2, 0) is 68.1 Å². The van der Waals surface area contributed by atoms with Crippen molar-refractivity contribution in [2.75, 3.05) is 51.6 Å². The van der Waals surface area contributed by atoms with E-state index < -0.39 is 243 Å². The first-order valence-corrected chi connectivity index (χ1v) is 25.7. The molecule has 0 aromatic heterocycles. The summed E-state index contributed by atoms with van der Waals surface area (Å²) in [5, 5.41) is 195. The number of hydrogen-bond acceptors (Lipinski definition) is 32. The van der Waals surface area contributed by atoms with Gasteiger partial charge in [0.25, 0.3) is 0 Å². The number of rotatable bonds is 21. The minimum absolute atomic E-state index is 0.124. The molecule has 6 heterocycles. The quantitative estimate of drug-likeness (QED) is 0.0543. The highest BCUT2D eigenvalue weighted by atomic mass is 19.4. The highest BCUT2D eigenvalue weighted by Gasteiger charge is 2.58. The van der Waals surface area contributed by atoms with E-state index >= 15 is 0 Å². The van der Waals surface area contributed by atoms with E-state index in [2.05, 4.69) is 0 Å². The number of aliphatic hydroxyl groups excluding tert-OH is 18. The van der Waals surface area contributed by atoms with Gasteiger partial charge < -0.3 is 160 Å². The summed E-state index contributed by atoms with van der Waals surface area (Å²) in [4.78, 5) is 11.5. The van der Waals surface area contributed by atoms with Crippen molar-refractivity contribution in [1.82, 2.24) is 0 Å². The zero-order valence-electron chi connectivity index (χ0n) is 42.9. The third-order valence-electron chi connectivity index (χ3n) is 14.6. The molecule has 6 aliphatic heterocycles. The molecule has 21 N–H and O–H groups in total. The van der Waals surface area contributed by atoms with Crippen molar-refractivity contribution in [1.29, 1.82) is 0 Å². The molecule has 82 heavy (non-hydrogen) atoms. The fourth-order valence-corrected chi connectivity index (χ4v) is 9.78. The lowest BCUT2D eigenvalue weighted by atomic mass is 9.95. The van der Waals surface area contributed by atoms with Crippen LogP contribution in [0, 0.1) is 0 Å². The number of hydrogen-bond donors (Lipinski definition) is 20. The second-order valence-electron chi connectivity index (χ2n) is 20.1. The van der Waals surface area contributed by atoms with E-state index in [0.717, 1.165) is 12.1 Å². The number of amides is 1. The Morgan fingerprint density at radius 1 is 0.439 bits per heavy atom. The molecule has 30 atom stereocenters. The van der Waals surface area contributed by atoms with Gasteiger partial charge in [0.05, 0.1) is 52.3 Å². The van der Waals surface area contributed by atoms with Crippen molar-refractivity contribution in [2.24, 2.45) is 5.73 Å². The Kier molecular flexibility index (Phi) is 23.5. The minimum Gasteiger partial charge on any atom is -0.394 e. The topological polar surface area (TPSA) is 530 Å². The maximum atomic E-state index is 12.9. The number of aliphatic hydroxyl groups is 18. The molecule has 1 aromatic rings. The fourth-order valence-electron chi connectivity index (χ4n) is 9.78. The highest BCUT2D eigenvalue weighted by Crippen LogP contribution is 2.38. The Bertz CT molecular complexity index is 2130. The van der Waals surface area contributed by atoms with Crippen molar-refractivity contribution in [3.8, 4) is 0 Å². The molecule has 6 fully saturated rings. The van der Waals surface area contributed by atoms with Gasteiger partial charge in [0.2, 0.25) is 0 Å². The molecule has 0 radical (unpaired) electrons. The average Bonchev–Trinajstić information content (AvgIpc) is 3.56. The van der Waals surface area contributed by atoms with Gasteiger partial charge in [0.1, 0.15) is 140 Å². The molecule has 0 spiro atoms. The molecule has 1 aromatic carbocycles. The summed E-state index contributed by atoms with van der Waals surface area (Å²) >= 11 is 0. The van der Waals surface area contributed by atoms with E-state index in [1.807, 2.05) is 0 Å². The van der Waals surface area contributed by atoms with Crippen LogP contribution in [0.2, 0.25) is 0 Å². The standard InChI is InChI=1S/C46H71F3N2O31/c47-46(48,49)45(70)51-14-3-1-13(2-4-14)5-6-71-40-34(69)36(80-41-32(67)28(63)23(58)16(8-53)74-41)35(79-44-38(31(66)26(61)19(11-56)77-44)81-39-21(50)27(62)22(57)15(7-52)73-39)20(78-40)12-72-43-37(30(65)25(60)18(10-55)76-43)82-42-33(68)29(64)24(59)17(9-54)75-42/h1-4,15-44,52-69H,5-12,50H2,(H,51,70)/t15-,16-,17-,18-,19-,20-,21-,22-,23-,24-,25-,26-,27-,28+,29+,30+,31+,32-,33-,34-,35-,36-,37-,38-,39-,40+,41+,42-,43-,44+/m1/s1. The molecule has 472 valence electrons. The summed E-state index contributed by atoms with van der Waals surface area (Å²) in [5.41, 5.74) is 6.25. The van der Waals surface area contributed by atoms with Gasteiger partial charge in [-0.15, -0.1) is 0 Å². The second kappa shape index (κ2) is 28.8. The lowest BCUT2D eigenvalue weighted by Gasteiger charge is -2.50. The number of benzene rings is 1. The smallest absolute Gasteiger partial charge is 0.394 e. The maximum Gasteiger partial charge on any atom is 0.471 e. The van der Waals surface area contributed by atoms with E-state index in [0.29, 0.717) is 5.56 Å². The lowest BCUT2D eigenvalue weighted by Crippen LogP contribution is -2.69. The Morgan fingerprint density at radius 3 is 1.32 bits per heavy atom.